The number of amides is 2. The van der Waals surface area contributed by atoms with Crippen molar-refractivity contribution >= 4 is 28.5 Å². The zero-order valence-electron chi connectivity index (χ0n) is 20.4. The van der Waals surface area contributed by atoms with Crippen LogP contribution in [0.4, 0.5) is 10.5 Å². The van der Waals surface area contributed by atoms with Crippen molar-refractivity contribution in [2.75, 3.05) is 12.1 Å². The number of benzene rings is 4. The fraction of sp³-hybridized carbons (Fsp3) is 0.103. The van der Waals surface area contributed by atoms with Gasteiger partial charge in [0.25, 0.3) is 5.91 Å². The molecule has 39 heavy (non-hydrogen) atoms. The molecule has 0 spiro atoms. The van der Waals surface area contributed by atoms with Crippen molar-refractivity contribution < 1.29 is 38.9 Å². The molecule has 0 radical (unpaired) electrons. The lowest BCUT2D eigenvalue weighted by atomic mass is 9.96. The first-order valence-corrected chi connectivity index (χ1v) is 11.9. The van der Waals surface area contributed by atoms with Crippen molar-refractivity contribution in [2.45, 2.75) is 12.2 Å². The number of hydroxylamine groups is 1. The Hall–Kier alpha value is -5.22. The summed E-state index contributed by atoms with van der Waals surface area (Å²) < 4.78 is 22.8. The summed E-state index contributed by atoms with van der Waals surface area (Å²) in [6.45, 7) is 0.0888. The van der Waals surface area contributed by atoms with Crippen molar-refractivity contribution in [3.8, 4) is 23.0 Å². The minimum Gasteiger partial charge on any atom is -0.507 e. The largest absolute Gasteiger partial charge is 0.507 e. The Balaban J connectivity index is 1.53. The highest BCUT2D eigenvalue weighted by Crippen LogP contribution is 2.37. The highest BCUT2D eigenvalue weighted by molar-refractivity contribution is 5.92. The zero-order chi connectivity index (χ0) is 27.2. The molecule has 0 saturated carbocycles. The third-order valence-corrected chi connectivity index (χ3v) is 5.96. The second-order valence-electron chi connectivity index (χ2n) is 8.47. The van der Waals surface area contributed by atoms with Crippen LogP contribution in [-0.2, 0) is 9.53 Å². The molecule has 2 amide bonds. The number of phenolic OH excluding ortho intramolecular Hbond substituents is 1. The summed E-state index contributed by atoms with van der Waals surface area (Å²) in [4.78, 5) is 25.1. The molecular formula is C29H24N2O8. The van der Waals surface area contributed by atoms with Crippen molar-refractivity contribution in [1.82, 2.24) is 5.48 Å². The number of nitrogens with one attached hydrogen (secondary N) is 2. The molecule has 0 saturated heterocycles. The van der Waals surface area contributed by atoms with E-state index in [2.05, 4.69) is 5.32 Å². The van der Waals surface area contributed by atoms with Crippen LogP contribution in [0.2, 0.25) is 0 Å². The summed E-state index contributed by atoms with van der Waals surface area (Å²) in [5.41, 5.74) is 2.46. The molecule has 4 N–H and O–H groups in total. The van der Waals surface area contributed by atoms with Gasteiger partial charge in [-0.05, 0) is 41.8 Å². The highest BCUT2D eigenvalue weighted by atomic mass is 16.7. The number of aromatic hydroxyl groups is 1. The predicted octanol–water partition coefficient (Wildman–Crippen LogP) is 5.07. The molecule has 4 aromatic carbocycles. The van der Waals surface area contributed by atoms with E-state index in [0.717, 1.165) is 6.08 Å². The van der Waals surface area contributed by atoms with Gasteiger partial charge in [0.1, 0.15) is 11.5 Å². The summed E-state index contributed by atoms with van der Waals surface area (Å²) in [7, 11) is 0. The molecule has 5 rings (SSSR count). The smallest absolute Gasteiger partial charge is 0.412 e. The average molecular weight is 529 g/mol. The van der Waals surface area contributed by atoms with Gasteiger partial charge in [0.05, 0.1) is 0 Å². The van der Waals surface area contributed by atoms with E-state index in [4.69, 9.17) is 24.2 Å². The fourth-order valence-electron chi connectivity index (χ4n) is 4.18. The van der Waals surface area contributed by atoms with Crippen LogP contribution in [0.1, 0.15) is 11.7 Å². The molecule has 1 aliphatic heterocycles. The normalized spacial score (nSPS) is 13.6. The molecular weight excluding hydrogens is 504 g/mol. The number of carbonyl (C=O) groups is 2. The van der Waals surface area contributed by atoms with Crippen LogP contribution in [0, 0.1) is 0 Å². The van der Waals surface area contributed by atoms with Gasteiger partial charge in [-0.3, -0.25) is 15.3 Å². The molecule has 10 nitrogen and oxygen atoms in total. The average Bonchev–Trinajstić information content (AvgIpc) is 3.43. The maximum Gasteiger partial charge on any atom is 0.412 e. The molecule has 4 aromatic rings. The third-order valence-electron chi connectivity index (χ3n) is 5.96. The Morgan fingerprint density at radius 2 is 1.64 bits per heavy atom. The molecule has 0 bridgehead atoms. The molecule has 0 unspecified atom stereocenters. The van der Waals surface area contributed by atoms with Crippen LogP contribution in [0.3, 0.4) is 0 Å². The lowest BCUT2D eigenvalue weighted by molar-refractivity contribution is -0.124. The van der Waals surface area contributed by atoms with Crippen LogP contribution in [0.25, 0.3) is 10.8 Å². The molecule has 1 aliphatic rings. The second kappa shape index (κ2) is 11.4. The maximum absolute atomic E-state index is 13.2. The first-order chi connectivity index (χ1) is 19.0. The Morgan fingerprint density at radius 3 is 2.44 bits per heavy atom. The van der Waals surface area contributed by atoms with E-state index in [0.29, 0.717) is 39.3 Å². The van der Waals surface area contributed by atoms with E-state index in [1.165, 1.54) is 17.6 Å². The van der Waals surface area contributed by atoms with Gasteiger partial charge in [0.15, 0.2) is 23.7 Å². The first-order valence-electron chi connectivity index (χ1n) is 11.9. The first kappa shape index (κ1) is 25.4. The van der Waals surface area contributed by atoms with Gasteiger partial charge in [-0.1, -0.05) is 48.5 Å². The van der Waals surface area contributed by atoms with Gasteiger partial charge >= 0.3 is 6.09 Å². The molecule has 198 valence electrons. The Kier molecular flexibility index (Phi) is 7.46. The Labute approximate surface area is 223 Å². The topological polar surface area (TPSA) is 136 Å². The number of ether oxygens (including phenoxy) is 4. The van der Waals surface area contributed by atoms with Gasteiger partial charge in [0, 0.05) is 28.8 Å². The predicted molar refractivity (Wildman–Crippen MR) is 141 cm³/mol. The van der Waals surface area contributed by atoms with Crippen molar-refractivity contribution in [3.63, 3.8) is 0 Å². The molecule has 0 aliphatic carbocycles. The van der Waals surface area contributed by atoms with Crippen LogP contribution in [0.15, 0.2) is 97.1 Å². The number of fused-ring (bicyclic) bond motifs is 2. The lowest BCUT2D eigenvalue weighted by Crippen LogP contribution is -2.30. The molecule has 2 atom stereocenters. The molecule has 1 heterocycles. The second-order valence-corrected chi connectivity index (χ2v) is 8.47. The standard InChI is InChI=1S/C29H24N2O8/c32-23-12-11-22(20-8-4-5-9-21(20)23)28(25(14-15-27(33)31-35)38-19-6-2-1-3-7-19)39-29(34)30-18-10-13-24-26(16-18)37-17-36-24/h1-16,25,28,32,35H,17H2,(H,30,34)(H,31,33)/b15-14+/t25-,28-/m0/s1. The van der Waals surface area contributed by atoms with Gasteiger partial charge in [-0.25, -0.2) is 10.3 Å². The van der Waals surface area contributed by atoms with Gasteiger partial charge in [-0.2, -0.15) is 0 Å². The van der Waals surface area contributed by atoms with E-state index in [-0.39, 0.29) is 12.5 Å². The summed E-state index contributed by atoms with van der Waals surface area (Å²) in [6, 6.07) is 23.9. The Bertz CT molecular complexity index is 1520. The monoisotopic (exact) mass is 528 g/mol. The minimum absolute atomic E-state index is 0.0497. The number of hydrogen-bond donors (Lipinski definition) is 4. The van der Waals surface area contributed by atoms with Crippen LogP contribution >= 0.6 is 0 Å². The lowest BCUT2D eigenvalue weighted by Gasteiger charge is -2.27. The number of para-hydroxylation sites is 1. The van der Waals surface area contributed by atoms with Crippen molar-refractivity contribution in [1.29, 1.82) is 0 Å². The minimum atomic E-state index is -1.10. The number of phenols is 1. The van der Waals surface area contributed by atoms with E-state index in [1.54, 1.807) is 72.8 Å². The van der Waals surface area contributed by atoms with Crippen LogP contribution in [0.5, 0.6) is 23.0 Å². The molecule has 10 heteroatoms. The summed E-state index contributed by atoms with van der Waals surface area (Å²) >= 11 is 0. The summed E-state index contributed by atoms with van der Waals surface area (Å²) in [5.74, 6) is 0.747. The third kappa shape index (κ3) is 5.86. The van der Waals surface area contributed by atoms with Crippen LogP contribution < -0.4 is 25.0 Å². The number of anilines is 1. The van der Waals surface area contributed by atoms with Crippen LogP contribution in [-0.4, -0.2) is 35.2 Å². The maximum atomic E-state index is 13.2. The number of rotatable bonds is 8. The molecule has 0 aromatic heterocycles. The Morgan fingerprint density at radius 1 is 0.897 bits per heavy atom. The van der Waals surface area contributed by atoms with E-state index in [1.807, 2.05) is 6.07 Å². The fourth-order valence-corrected chi connectivity index (χ4v) is 4.18. The molecule has 0 fully saturated rings. The van der Waals surface area contributed by atoms with Crippen molar-refractivity contribution in [2.24, 2.45) is 0 Å². The summed E-state index contributed by atoms with van der Waals surface area (Å²) in [5, 5.41) is 23.3. The highest BCUT2D eigenvalue weighted by Gasteiger charge is 2.30. The zero-order valence-corrected chi connectivity index (χ0v) is 20.4. The van der Waals surface area contributed by atoms with Gasteiger partial charge in [0.2, 0.25) is 6.79 Å². The number of hydrogen-bond acceptors (Lipinski definition) is 8. The summed E-state index contributed by atoms with van der Waals surface area (Å²) in [6.07, 6.45) is -0.494. The SMILES string of the molecule is O=C(/C=C/[C@H](Oc1ccccc1)[C@@H](OC(=O)Nc1ccc2c(c1)OCO2)c1ccc(O)c2ccccc12)NO. The van der Waals surface area contributed by atoms with E-state index >= 15 is 0 Å². The van der Waals surface area contributed by atoms with Gasteiger partial charge < -0.3 is 24.1 Å². The number of carbonyl (C=O) groups excluding carboxylic acids is 2. The van der Waals surface area contributed by atoms with E-state index < -0.39 is 24.2 Å². The van der Waals surface area contributed by atoms with E-state index in [9.17, 15) is 14.7 Å². The quantitative estimate of drug-likeness (QED) is 0.141. The van der Waals surface area contributed by atoms with Gasteiger partial charge in [-0.15, -0.1) is 0 Å². The van der Waals surface area contributed by atoms with Crippen molar-refractivity contribution in [3.05, 3.63) is 103 Å².